The molecule has 0 spiro atoms. The second kappa shape index (κ2) is 3.27. The highest BCUT2D eigenvalue weighted by atomic mass is 16.5. The fourth-order valence-corrected chi connectivity index (χ4v) is 1.83. The summed E-state index contributed by atoms with van der Waals surface area (Å²) in [5.74, 6) is 1.08. The normalized spacial score (nSPS) is 22.2. The molecule has 0 radical (unpaired) electrons. The van der Waals surface area contributed by atoms with E-state index in [4.69, 9.17) is 4.52 Å². The highest BCUT2D eigenvalue weighted by Gasteiger charge is 2.22. The summed E-state index contributed by atoms with van der Waals surface area (Å²) in [7, 11) is 0. The average molecular weight is 166 g/mol. The molecule has 1 aromatic heterocycles. The van der Waals surface area contributed by atoms with Gasteiger partial charge >= 0.3 is 0 Å². The van der Waals surface area contributed by atoms with Gasteiger partial charge in [0.25, 0.3) is 0 Å². The van der Waals surface area contributed by atoms with Crippen LogP contribution in [0.15, 0.2) is 10.7 Å². The van der Waals surface area contributed by atoms with Gasteiger partial charge in [0, 0.05) is 18.0 Å². The van der Waals surface area contributed by atoms with Crippen LogP contribution >= 0.6 is 0 Å². The fourth-order valence-electron chi connectivity index (χ4n) is 1.83. The van der Waals surface area contributed by atoms with Crippen molar-refractivity contribution in [2.24, 2.45) is 0 Å². The van der Waals surface area contributed by atoms with Crippen molar-refractivity contribution in [2.45, 2.75) is 32.2 Å². The number of hydrogen-bond donors (Lipinski definition) is 1. The number of hydrogen-bond acceptors (Lipinski definition) is 3. The minimum Gasteiger partial charge on any atom is -0.361 e. The number of aryl methyl sites for hydroxylation is 1. The van der Waals surface area contributed by atoms with Crippen molar-refractivity contribution in [2.75, 3.05) is 6.54 Å². The highest BCUT2D eigenvalue weighted by molar-refractivity contribution is 5.20. The molecule has 1 aromatic rings. The summed E-state index contributed by atoms with van der Waals surface area (Å²) in [5.41, 5.74) is 1.27. The molecule has 1 unspecified atom stereocenters. The minimum atomic E-state index is 0.477. The molecule has 1 aliphatic rings. The Hall–Kier alpha value is -0.830. The lowest BCUT2D eigenvalue weighted by Crippen LogP contribution is -2.23. The molecule has 0 fully saturated rings. The predicted molar refractivity (Wildman–Crippen MR) is 45.9 cm³/mol. The number of nitrogens with one attached hydrogen (secondary N) is 1. The van der Waals surface area contributed by atoms with Crippen molar-refractivity contribution >= 4 is 0 Å². The smallest absolute Gasteiger partial charge is 0.141 e. The topological polar surface area (TPSA) is 38.1 Å². The summed E-state index contributed by atoms with van der Waals surface area (Å²) in [5, 5.41) is 7.25. The highest BCUT2D eigenvalue weighted by Crippen LogP contribution is 2.28. The van der Waals surface area contributed by atoms with Gasteiger partial charge in [-0.25, -0.2) is 0 Å². The molecular formula is C9H14N2O. The summed E-state index contributed by atoms with van der Waals surface area (Å²) in [4.78, 5) is 0. The van der Waals surface area contributed by atoms with Crippen LogP contribution in [0.1, 0.15) is 37.1 Å². The van der Waals surface area contributed by atoms with Crippen LogP contribution in [0.25, 0.3) is 0 Å². The van der Waals surface area contributed by atoms with E-state index < -0.39 is 0 Å². The lowest BCUT2D eigenvalue weighted by atomic mass is 9.94. The lowest BCUT2D eigenvalue weighted by molar-refractivity contribution is 0.356. The largest absolute Gasteiger partial charge is 0.361 e. The van der Waals surface area contributed by atoms with Crippen LogP contribution in [0.5, 0.6) is 0 Å². The van der Waals surface area contributed by atoms with Crippen LogP contribution in [0.2, 0.25) is 0 Å². The van der Waals surface area contributed by atoms with Gasteiger partial charge in [-0.1, -0.05) is 12.1 Å². The van der Waals surface area contributed by atoms with Crippen LogP contribution < -0.4 is 5.32 Å². The molecule has 1 N–H and O–H groups in total. The lowest BCUT2D eigenvalue weighted by Gasteiger charge is -2.20. The first-order valence-corrected chi connectivity index (χ1v) is 4.58. The molecule has 0 aromatic carbocycles. The number of rotatable bonds is 2. The SMILES string of the molecule is CCNC1CCCc2oncc21. The van der Waals surface area contributed by atoms with Gasteiger partial charge in [-0.3, -0.25) is 0 Å². The molecule has 12 heavy (non-hydrogen) atoms. The van der Waals surface area contributed by atoms with Crippen molar-refractivity contribution in [3.05, 3.63) is 17.5 Å². The third-order valence-electron chi connectivity index (χ3n) is 2.40. The second-order valence-electron chi connectivity index (χ2n) is 3.21. The van der Waals surface area contributed by atoms with Crippen molar-refractivity contribution in [1.82, 2.24) is 10.5 Å². The van der Waals surface area contributed by atoms with Gasteiger partial charge in [-0.2, -0.15) is 0 Å². The van der Waals surface area contributed by atoms with Crippen LogP contribution in [0, 0.1) is 0 Å². The minimum absolute atomic E-state index is 0.477. The maximum atomic E-state index is 5.14. The van der Waals surface area contributed by atoms with Gasteiger partial charge in [-0.15, -0.1) is 0 Å². The van der Waals surface area contributed by atoms with E-state index in [2.05, 4.69) is 17.4 Å². The van der Waals surface area contributed by atoms with Crippen molar-refractivity contribution in [3.8, 4) is 0 Å². The molecule has 3 heteroatoms. The van der Waals surface area contributed by atoms with Crippen molar-refractivity contribution < 1.29 is 4.52 Å². The molecule has 0 aliphatic heterocycles. The zero-order valence-corrected chi connectivity index (χ0v) is 7.34. The Morgan fingerprint density at radius 1 is 1.75 bits per heavy atom. The van der Waals surface area contributed by atoms with Gasteiger partial charge in [0.2, 0.25) is 0 Å². The van der Waals surface area contributed by atoms with Crippen molar-refractivity contribution in [3.63, 3.8) is 0 Å². The summed E-state index contributed by atoms with van der Waals surface area (Å²) < 4.78 is 5.14. The molecule has 3 nitrogen and oxygen atoms in total. The van der Waals surface area contributed by atoms with Crippen LogP contribution in [-0.2, 0) is 6.42 Å². The predicted octanol–water partition coefficient (Wildman–Crippen LogP) is 1.66. The maximum Gasteiger partial charge on any atom is 0.141 e. The third-order valence-corrected chi connectivity index (χ3v) is 2.40. The molecular weight excluding hydrogens is 152 g/mol. The van der Waals surface area contributed by atoms with E-state index >= 15 is 0 Å². The Morgan fingerprint density at radius 3 is 3.50 bits per heavy atom. The van der Waals surface area contributed by atoms with Crippen LogP contribution in [0.4, 0.5) is 0 Å². The van der Waals surface area contributed by atoms with E-state index in [-0.39, 0.29) is 0 Å². The number of aromatic nitrogens is 1. The monoisotopic (exact) mass is 166 g/mol. The van der Waals surface area contributed by atoms with E-state index in [0.717, 1.165) is 18.7 Å². The van der Waals surface area contributed by atoms with E-state index in [1.165, 1.54) is 18.4 Å². The maximum absolute atomic E-state index is 5.14. The molecule has 1 atom stereocenters. The first-order chi connectivity index (χ1) is 5.92. The molecule has 2 rings (SSSR count). The van der Waals surface area contributed by atoms with Crippen LogP contribution in [0.3, 0.4) is 0 Å². The molecule has 1 aliphatic carbocycles. The summed E-state index contributed by atoms with van der Waals surface area (Å²) in [6, 6.07) is 0.477. The Labute approximate surface area is 72.1 Å². The molecule has 0 saturated heterocycles. The van der Waals surface area contributed by atoms with E-state index in [1.807, 2.05) is 6.20 Å². The number of fused-ring (bicyclic) bond motifs is 1. The van der Waals surface area contributed by atoms with Gasteiger partial charge in [-0.05, 0) is 19.4 Å². The Bertz CT molecular complexity index is 257. The quantitative estimate of drug-likeness (QED) is 0.726. The molecule has 1 heterocycles. The van der Waals surface area contributed by atoms with Gasteiger partial charge in [0.05, 0.1) is 6.20 Å². The zero-order valence-electron chi connectivity index (χ0n) is 7.34. The second-order valence-corrected chi connectivity index (χ2v) is 3.21. The number of nitrogens with zero attached hydrogens (tertiary/aromatic N) is 1. The fraction of sp³-hybridized carbons (Fsp3) is 0.667. The summed E-state index contributed by atoms with van der Waals surface area (Å²) in [6.45, 7) is 3.14. The molecule has 66 valence electrons. The summed E-state index contributed by atoms with van der Waals surface area (Å²) >= 11 is 0. The van der Waals surface area contributed by atoms with Gasteiger partial charge < -0.3 is 9.84 Å². The van der Waals surface area contributed by atoms with Gasteiger partial charge in [0.1, 0.15) is 5.76 Å². The van der Waals surface area contributed by atoms with Crippen molar-refractivity contribution in [1.29, 1.82) is 0 Å². The van der Waals surface area contributed by atoms with Crippen LogP contribution in [-0.4, -0.2) is 11.7 Å². The summed E-state index contributed by atoms with van der Waals surface area (Å²) in [6.07, 6.45) is 5.32. The average Bonchev–Trinajstić information content (AvgIpc) is 2.53. The molecule has 0 amide bonds. The van der Waals surface area contributed by atoms with Gasteiger partial charge in [0.15, 0.2) is 0 Å². The van der Waals surface area contributed by atoms with E-state index in [9.17, 15) is 0 Å². The Morgan fingerprint density at radius 2 is 2.67 bits per heavy atom. The van der Waals surface area contributed by atoms with E-state index in [0.29, 0.717) is 6.04 Å². The third kappa shape index (κ3) is 1.25. The molecule has 0 saturated carbocycles. The standard InChI is InChI=1S/C9H14N2O/c1-2-10-8-4-3-5-9-7(8)6-11-12-9/h6,8,10H,2-5H2,1H3. The Kier molecular flexibility index (Phi) is 2.13. The zero-order chi connectivity index (χ0) is 8.39. The van der Waals surface area contributed by atoms with E-state index in [1.54, 1.807) is 0 Å². The molecule has 0 bridgehead atoms. The Balaban J connectivity index is 2.19. The first-order valence-electron chi connectivity index (χ1n) is 4.58. The first kappa shape index (κ1) is 7.80.